The van der Waals surface area contributed by atoms with Gasteiger partial charge >= 0.3 is 7.60 Å². The predicted molar refractivity (Wildman–Crippen MR) is 44.6 cm³/mol. The highest BCUT2D eigenvalue weighted by molar-refractivity contribution is 9.09. The van der Waals surface area contributed by atoms with Crippen molar-refractivity contribution in [2.24, 2.45) is 0 Å². The lowest BCUT2D eigenvalue weighted by atomic mass is 10.8. The van der Waals surface area contributed by atoms with Crippen molar-refractivity contribution in [2.75, 3.05) is 19.5 Å². The van der Waals surface area contributed by atoms with Crippen LogP contribution in [0, 0.1) is 0 Å². The first kappa shape index (κ1) is 10.4. The average molecular weight is 229 g/mol. The Morgan fingerprint density at radius 1 is 1.60 bits per heavy atom. The van der Waals surface area contributed by atoms with E-state index in [0.717, 1.165) is 0 Å². The SMILES string of the molecule is C=C(CBr)P(=O)(OC)OC. The molecule has 5 heteroatoms. The molecule has 0 aliphatic heterocycles. The zero-order chi connectivity index (χ0) is 8.20. The van der Waals surface area contributed by atoms with E-state index in [-0.39, 0.29) is 0 Å². The second-order valence-electron chi connectivity index (χ2n) is 1.56. The monoisotopic (exact) mass is 228 g/mol. The van der Waals surface area contributed by atoms with Crippen LogP contribution in [0.3, 0.4) is 0 Å². The summed E-state index contributed by atoms with van der Waals surface area (Å²) in [5.74, 6) is 0. The normalized spacial score (nSPS) is 11.5. The van der Waals surface area contributed by atoms with Crippen molar-refractivity contribution < 1.29 is 13.6 Å². The molecule has 0 radical (unpaired) electrons. The standard InChI is InChI=1S/C5H10BrO3P/c1-5(4-6)10(7,8-2)9-3/h1,4H2,2-3H3. The van der Waals surface area contributed by atoms with Crippen LogP contribution in [0.4, 0.5) is 0 Å². The fourth-order valence-corrected chi connectivity index (χ4v) is 2.14. The predicted octanol–water partition coefficient (Wildman–Crippen LogP) is 2.38. The van der Waals surface area contributed by atoms with Gasteiger partial charge in [0.25, 0.3) is 0 Å². The third-order valence-electron chi connectivity index (χ3n) is 1.02. The molecule has 0 aromatic carbocycles. The van der Waals surface area contributed by atoms with E-state index in [1.165, 1.54) is 14.2 Å². The number of halogens is 1. The van der Waals surface area contributed by atoms with Crippen molar-refractivity contribution in [3.8, 4) is 0 Å². The molecule has 10 heavy (non-hydrogen) atoms. The molecule has 3 nitrogen and oxygen atoms in total. The fourth-order valence-electron chi connectivity index (χ4n) is 0.406. The Morgan fingerprint density at radius 2 is 2.00 bits per heavy atom. The Kier molecular flexibility index (Phi) is 4.45. The topological polar surface area (TPSA) is 35.5 Å². The molecule has 0 heterocycles. The minimum absolute atomic E-state index is 0.423. The van der Waals surface area contributed by atoms with Crippen LogP contribution in [0.15, 0.2) is 11.9 Å². The summed E-state index contributed by atoms with van der Waals surface area (Å²) < 4.78 is 20.6. The highest BCUT2D eigenvalue weighted by Gasteiger charge is 2.24. The first-order valence-electron chi connectivity index (χ1n) is 2.56. The number of alkyl halides is 1. The molecule has 0 aliphatic rings. The van der Waals surface area contributed by atoms with Gasteiger partial charge in [-0.15, -0.1) is 0 Å². The van der Waals surface area contributed by atoms with Crippen LogP contribution in [0.25, 0.3) is 0 Å². The number of hydrogen-bond donors (Lipinski definition) is 0. The van der Waals surface area contributed by atoms with Gasteiger partial charge in [-0.3, -0.25) is 4.57 Å². The summed E-state index contributed by atoms with van der Waals surface area (Å²) in [5.41, 5.74) is 0. The average Bonchev–Trinajstić information content (AvgIpc) is 2.01. The van der Waals surface area contributed by atoms with E-state index in [1.54, 1.807) is 0 Å². The second-order valence-corrected chi connectivity index (χ2v) is 4.48. The van der Waals surface area contributed by atoms with Gasteiger partial charge in [-0.2, -0.15) is 0 Å². The van der Waals surface area contributed by atoms with Gasteiger partial charge < -0.3 is 9.05 Å². The summed E-state index contributed by atoms with van der Waals surface area (Å²) >= 11 is 3.10. The Hall–Kier alpha value is 0.370. The minimum atomic E-state index is -3.01. The number of rotatable bonds is 4. The van der Waals surface area contributed by atoms with Gasteiger partial charge in [-0.1, -0.05) is 22.5 Å². The summed E-state index contributed by atoms with van der Waals surface area (Å²) in [5, 5.41) is 0.851. The van der Waals surface area contributed by atoms with Crippen molar-refractivity contribution in [2.45, 2.75) is 0 Å². The molecule has 0 atom stereocenters. The van der Waals surface area contributed by atoms with Crippen molar-refractivity contribution >= 4 is 23.5 Å². The van der Waals surface area contributed by atoms with E-state index in [0.29, 0.717) is 10.6 Å². The zero-order valence-corrected chi connectivity index (χ0v) is 8.44. The van der Waals surface area contributed by atoms with Gasteiger partial charge in [0.15, 0.2) is 0 Å². The van der Waals surface area contributed by atoms with E-state index in [1.807, 2.05) is 0 Å². The van der Waals surface area contributed by atoms with Crippen molar-refractivity contribution in [3.63, 3.8) is 0 Å². The van der Waals surface area contributed by atoms with Gasteiger partial charge in [0.05, 0.1) is 0 Å². The van der Waals surface area contributed by atoms with E-state index < -0.39 is 7.60 Å². The summed E-state index contributed by atoms with van der Waals surface area (Å²) in [4.78, 5) is 0. The smallest absolute Gasteiger partial charge is 0.309 e. The van der Waals surface area contributed by atoms with E-state index in [4.69, 9.17) is 0 Å². The summed E-state index contributed by atoms with van der Waals surface area (Å²) in [6, 6.07) is 0. The minimum Gasteiger partial charge on any atom is -0.309 e. The van der Waals surface area contributed by atoms with Gasteiger partial charge in [0.1, 0.15) is 0 Å². The summed E-state index contributed by atoms with van der Waals surface area (Å²) in [6.07, 6.45) is 0. The second kappa shape index (κ2) is 4.29. The number of hydrogen-bond acceptors (Lipinski definition) is 3. The first-order valence-corrected chi connectivity index (χ1v) is 5.23. The molecule has 0 saturated carbocycles. The van der Waals surface area contributed by atoms with Crippen LogP contribution in [-0.2, 0) is 13.6 Å². The third kappa shape index (κ3) is 2.20. The van der Waals surface area contributed by atoms with Crippen LogP contribution in [-0.4, -0.2) is 19.5 Å². The molecule has 0 unspecified atom stereocenters. The molecular weight excluding hydrogens is 219 g/mol. The molecule has 0 N–H and O–H groups in total. The largest absolute Gasteiger partial charge is 0.357 e. The van der Waals surface area contributed by atoms with Gasteiger partial charge in [-0.05, 0) is 0 Å². The molecule has 0 saturated heterocycles. The molecule has 0 fully saturated rings. The van der Waals surface area contributed by atoms with Crippen LogP contribution in [0.1, 0.15) is 0 Å². The van der Waals surface area contributed by atoms with Gasteiger partial charge in [0, 0.05) is 24.9 Å². The highest BCUT2D eigenvalue weighted by atomic mass is 79.9. The van der Waals surface area contributed by atoms with Crippen LogP contribution in [0.2, 0.25) is 0 Å². The van der Waals surface area contributed by atoms with Gasteiger partial charge in [-0.25, -0.2) is 0 Å². The lowest BCUT2D eigenvalue weighted by Crippen LogP contribution is -1.92. The van der Waals surface area contributed by atoms with E-state index in [9.17, 15) is 4.57 Å². The zero-order valence-electron chi connectivity index (χ0n) is 5.96. The Balaban J connectivity index is 4.34. The number of allylic oxidation sites excluding steroid dienone is 1. The maximum atomic E-state index is 11.3. The van der Waals surface area contributed by atoms with Crippen molar-refractivity contribution in [1.82, 2.24) is 0 Å². The molecule has 0 spiro atoms. The molecule has 0 bridgehead atoms. The Labute approximate surface area is 69.1 Å². The Bertz CT molecular complexity index is 160. The maximum absolute atomic E-state index is 11.3. The van der Waals surface area contributed by atoms with Gasteiger partial charge in [0.2, 0.25) is 0 Å². The maximum Gasteiger partial charge on any atom is 0.357 e. The molecule has 0 aromatic heterocycles. The van der Waals surface area contributed by atoms with Crippen molar-refractivity contribution in [1.29, 1.82) is 0 Å². The van der Waals surface area contributed by atoms with Crippen molar-refractivity contribution in [3.05, 3.63) is 11.9 Å². The highest BCUT2D eigenvalue weighted by Crippen LogP contribution is 2.54. The molecule has 0 aromatic rings. The lowest BCUT2D eigenvalue weighted by molar-refractivity contribution is 0.283. The first-order chi connectivity index (χ1) is 4.60. The van der Waals surface area contributed by atoms with Crippen LogP contribution >= 0.6 is 23.5 Å². The molecule has 60 valence electrons. The van der Waals surface area contributed by atoms with Crippen LogP contribution < -0.4 is 0 Å². The third-order valence-corrected chi connectivity index (χ3v) is 4.03. The lowest BCUT2D eigenvalue weighted by Gasteiger charge is -2.13. The van der Waals surface area contributed by atoms with E-state index >= 15 is 0 Å². The van der Waals surface area contributed by atoms with Crippen LogP contribution in [0.5, 0.6) is 0 Å². The summed E-state index contributed by atoms with van der Waals surface area (Å²) in [7, 11) is -0.351. The molecule has 0 rings (SSSR count). The Morgan fingerprint density at radius 3 is 2.10 bits per heavy atom. The molecule has 0 aliphatic carbocycles. The quantitative estimate of drug-likeness (QED) is 0.548. The molecular formula is C5H10BrO3P. The summed E-state index contributed by atoms with van der Waals surface area (Å²) in [6.45, 7) is 3.53. The van der Waals surface area contributed by atoms with E-state index in [2.05, 4.69) is 31.6 Å². The molecule has 0 amide bonds. The fraction of sp³-hybridized carbons (Fsp3) is 0.600.